The first-order valence-electron chi connectivity index (χ1n) is 15.5. The Bertz CT molecular complexity index is 1840. The minimum atomic E-state index is -3.75. The van der Waals surface area contributed by atoms with E-state index >= 15 is 0 Å². The molecule has 0 spiro atoms. The first kappa shape index (κ1) is 32.7. The fourth-order valence-electron chi connectivity index (χ4n) is 6.45. The highest BCUT2D eigenvalue weighted by molar-refractivity contribution is 7.91. The molecule has 1 N–H and O–H groups in total. The van der Waals surface area contributed by atoms with E-state index in [-0.39, 0.29) is 23.2 Å². The van der Waals surface area contributed by atoms with Crippen molar-refractivity contribution in [3.05, 3.63) is 106 Å². The Balaban J connectivity index is 1.26. The van der Waals surface area contributed by atoms with Crippen LogP contribution in [0, 0.1) is 0 Å². The van der Waals surface area contributed by atoms with Crippen LogP contribution in [0.25, 0.3) is 0 Å². The van der Waals surface area contributed by atoms with Crippen molar-refractivity contribution in [3.8, 4) is 11.5 Å². The predicted molar refractivity (Wildman–Crippen MR) is 182 cm³/mol. The molecule has 1 aromatic heterocycles. The topological polar surface area (TPSA) is 108 Å². The van der Waals surface area contributed by atoms with Crippen LogP contribution in [0.2, 0.25) is 0 Å². The maximum absolute atomic E-state index is 14.3. The average Bonchev–Trinajstić information content (AvgIpc) is 3.74. The summed E-state index contributed by atoms with van der Waals surface area (Å²) in [5.41, 5.74) is 3.35. The lowest BCUT2D eigenvalue weighted by atomic mass is 10.0. The maximum atomic E-state index is 14.3. The lowest BCUT2D eigenvalue weighted by molar-refractivity contribution is 0.0575. The third-order valence-electron chi connectivity index (χ3n) is 8.98. The highest BCUT2D eigenvalue weighted by atomic mass is 32.2. The molecule has 4 aromatic rings. The molecule has 0 radical (unpaired) electrons. The van der Waals surface area contributed by atoms with Gasteiger partial charge in [-0.15, -0.1) is 11.3 Å². The van der Waals surface area contributed by atoms with Crippen molar-refractivity contribution in [1.82, 2.24) is 14.5 Å². The van der Waals surface area contributed by atoms with Crippen LogP contribution >= 0.6 is 11.3 Å². The smallest absolute Gasteiger partial charge is 0.264 e. The highest BCUT2D eigenvalue weighted by Gasteiger charge is 2.43. The number of anilines is 1. The van der Waals surface area contributed by atoms with E-state index in [0.29, 0.717) is 41.3 Å². The van der Waals surface area contributed by atoms with E-state index in [9.17, 15) is 18.0 Å². The number of carbonyl (C=O) groups is 2. The van der Waals surface area contributed by atoms with Gasteiger partial charge in [-0.05, 0) is 60.2 Å². The van der Waals surface area contributed by atoms with Crippen LogP contribution in [0.5, 0.6) is 11.5 Å². The molecule has 3 heterocycles. The quantitative estimate of drug-likeness (QED) is 0.200. The van der Waals surface area contributed by atoms with E-state index in [2.05, 4.69) is 45.7 Å². The number of ether oxygens (including phenoxy) is 2. The lowest BCUT2D eigenvalue weighted by Crippen LogP contribution is -2.47. The number of amides is 2. The van der Waals surface area contributed by atoms with E-state index in [1.807, 2.05) is 18.2 Å². The van der Waals surface area contributed by atoms with Crippen molar-refractivity contribution >= 4 is 38.9 Å². The molecule has 0 saturated carbocycles. The Morgan fingerprint density at radius 2 is 1.57 bits per heavy atom. The number of thiophene rings is 1. The number of methoxy groups -OCH3 is 2. The molecule has 0 bridgehead atoms. The molecule has 2 amide bonds. The summed E-state index contributed by atoms with van der Waals surface area (Å²) in [5.74, 6) is 0.124. The second-order valence-corrected chi connectivity index (χ2v) is 14.5. The van der Waals surface area contributed by atoms with Gasteiger partial charge in [0, 0.05) is 38.8 Å². The SMILES string of the molecule is COc1ccc(C(CCNS(=O)(=O)c2cccs2)N2C(=O)c3cccc(N4CCN([C@H](C)c5ccccc5)CC4)c3C2=O)cc1OC. The van der Waals surface area contributed by atoms with Gasteiger partial charge in [0.2, 0.25) is 10.0 Å². The van der Waals surface area contributed by atoms with Gasteiger partial charge in [0.1, 0.15) is 4.21 Å². The van der Waals surface area contributed by atoms with Gasteiger partial charge in [0.15, 0.2) is 11.5 Å². The second kappa shape index (κ2) is 13.9. The molecular formula is C35H38N4O6S2. The molecule has 10 nitrogen and oxygen atoms in total. The van der Waals surface area contributed by atoms with Crippen molar-refractivity contribution in [2.24, 2.45) is 0 Å². The van der Waals surface area contributed by atoms with Crippen molar-refractivity contribution < 1.29 is 27.5 Å². The van der Waals surface area contributed by atoms with Crippen LogP contribution in [0.4, 0.5) is 5.69 Å². The van der Waals surface area contributed by atoms with Gasteiger partial charge in [0.05, 0.1) is 37.1 Å². The van der Waals surface area contributed by atoms with Gasteiger partial charge in [-0.2, -0.15) is 0 Å². The number of nitrogens with one attached hydrogen (secondary N) is 1. The monoisotopic (exact) mass is 674 g/mol. The summed E-state index contributed by atoms with van der Waals surface area (Å²) >= 11 is 1.12. The molecule has 0 aliphatic carbocycles. The molecule has 2 aliphatic heterocycles. The predicted octanol–water partition coefficient (Wildman–Crippen LogP) is 5.35. The molecule has 3 aromatic carbocycles. The molecule has 47 heavy (non-hydrogen) atoms. The fourth-order valence-corrected chi connectivity index (χ4v) is 8.53. The Kier molecular flexibility index (Phi) is 9.65. The lowest BCUT2D eigenvalue weighted by Gasteiger charge is -2.39. The van der Waals surface area contributed by atoms with Gasteiger partial charge in [-0.3, -0.25) is 19.4 Å². The van der Waals surface area contributed by atoms with E-state index in [0.717, 1.165) is 30.1 Å². The summed E-state index contributed by atoms with van der Waals surface area (Å²) in [5, 5.41) is 1.70. The van der Waals surface area contributed by atoms with E-state index in [4.69, 9.17) is 9.47 Å². The molecular weight excluding hydrogens is 637 g/mol. The molecule has 1 unspecified atom stereocenters. The van der Waals surface area contributed by atoms with Gasteiger partial charge >= 0.3 is 0 Å². The first-order valence-corrected chi connectivity index (χ1v) is 17.9. The zero-order valence-electron chi connectivity index (χ0n) is 26.6. The van der Waals surface area contributed by atoms with Crippen LogP contribution in [0.15, 0.2) is 88.5 Å². The van der Waals surface area contributed by atoms with Crippen molar-refractivity contribution in [3.63, 3.8) is 0 Å². The van der Waals surface area contributed by atoms with Gasteiger partial charge in [0.25, 0.3) is 11.8 Å². The number of piperazine rings is 1. The first-order chi connectivity index (χ1) is 22.7. The molecule has 12 heteroatoms. The second-order valence-electron chi connectivity index (χ2n) is 11.5. The minimum Gasteiger partial charge on any atom is -0.493 e. The molecule has 2 aliphatic rings. The third-order valence-corrected chi connectivity index (χ3v) is 11.8. The number of fused-ring (bicyclic) bond motifs is 1. The van der Waals surface area contributed by atoms with Crippen LogP contribution in [0.1, 0.15) is 57.3 Å². The largest absolute Gasteiger partial charge is 0.493 e. The number of hydrogen-bond donors (Lipinski definition) is 1. The summed E-state index contributed by atoms with van der Waals surface area (Å²) in [6.45, 7) is 5.24. The summed E-state index contributed by atoms with van der Waals surface area (Å²) < 4.78 is 39.6. The van der Waals surface area contributed by atoms with Crippen LogP contribution in [-0.2, 0) is 10.0 Å². The Hall–Kier alpha value is -4.23. The molecule has 1 saturated heterocycles. The normalized spacial score (nSPS) is 16.7. The number of imide groups is 1. The van der Waals surface area contributed by atoms with E-state index in [1.165, 1.54) is 30.7 Å². The van der Waals surface area contributed by atoms with Crippen LogP contribution < -0.4 is 19.1 Å². The molecule has 1 fully saturated rings. The van der Waals surface area contributed by atoms with Gasteiger partial charge in [-0.1, -0.05) is 48.5 Å². The van der Waals surface area contributed by atoms with Crippen molar-refractivity contribution in [2.75, 3.05) is 51.8 Å². The zero-order chi connectivity index (χ0) is 33.1. The van der Waals surface area contributed by atoms with Gasteiger partial charge in [-0.25, -0.2) is 13.1 Å². The number of sulfonamides is 1. The summed E-state index contributed by atoms with van der Waals surface area (Å²) in [7, 11) is -0.703. The Labute approximate surface area is 279 Å². The molecule has 6 rings (SSSR count). The number of nitrogens with zero attached hydrogens (tertiary/aromatic N) is 3. The third kappa shape index (κ3) is 6.51. The summed E-state index contributed by atoms with van der Waals surface area (Å²) in [6.07, 6.45) is 0.150. The Morgan fingerprint density at radius 3 is 2.26 bits per heavy atom. The number of hydrogen-bond acceptors (Lipinski definition) is 9. The molecule has 2 atom stereocenters. The Morgan fingerprint density at radius 1 is 0.830 bits per heavy atom. The zero-order valence-corrected chi connectivity index (χ0v) is 28.2. The van der Waals surface area contributed by atoms with Crippen molar-refractivity contribution in [1.29, 1.82) is 0 Å². The number of benzene rings is 3. The van der Waals surface area contributed by atoms with Crippen LogP contribution in [-0.4, -0.2) is 77.0 Å². The van der Waals surface area contributed by atoms with E-state index < -0.39 is 27.9 Å². The number of rotatable bonds is 12. The maximum Gasteiger partial charge on any atom is 0.264 e. The van der Waals surface area contributed by atoms with Crippen molar-refractivity contribution in [2.45, 2.75) is 29.6 Å². The average molecular weight is 675 g/mol. The summed E-state index contributed by atoms with van der Waals surface area (Å²) in [6, 6.07) is 23.7. The van der Waals surface area contributed by atoms with Crippen LogP contribution in [0.3, 0.4) is 0 Å². The van der Waals surface area contributed by atoms with E-state index in [1.54, 1.807) is 35.7 Å². The minimum absolute atomic E-state index is 0.00106. The molecule has 246 valence electrons. The number of carbonyl (C=O) groups excluding carboxylic acids is 2. The standard InChI is InChI=1S/C35H38N4O6S2/c1-24(25-9-5-4-6-10-25)37-18-20-38(21-19-37)29-12-7-11-27-33(29)35(41)39(34(27)40)28(26-14-15-30(44-2)31(23-26)45-3)16-17-36-47(42,43)32-13-8-22-46-32/h4-15,22-24,28,36H,16-21H2,1-3H3/t24-,28?/m1/s1. The fraction of sp³-hybridized carbons (Fsp3) is 0.314. The highest BCUT2D eigenvalue weighted by Crippen LogP contribution is 2.40. The van der Waals surface area contributed by atoms with Gasteiger partial charge < -0.3 is 14.4 Å². The summed E-state index contributed by atoms with van der Waals surface area (Å²) in [4.78, 5) is 34.3.